The van der Waals surface area contributed by atoms with Gasteiger partial charge in [0.05, 0.1) is 20.8 Å². The molecule has 1 aliphatic rings. The maximum Gasteiger partial charge on any atom is 0.258 e. The highest BCUT2D eigenvalue weighted by Gasteiger charge is 2.19. The van der Waals surface area contributed by atoms with Crippen molar-refractivity contribution in [2.45, 2.75) is 85.0 Å². The molecular weight excluding hydrogens is 526 g/mol. The molecular formula is C35H53N3O4. The van der Waals surface area contributed by atoms with Gasteiger partial charge in [0.2, 0.25) is 5.75 Å². The number of methoxy groups -OCH3 is 2. The number of benzene rings is 2. The fourth-order valence-corrected chi connectivity index (χ4v) is 5.27. The van der Waals surface area contributed by atoms with E-state index in [4.69, 9.17) is 14.2 Å². The van der Waals surface area contributed by atoms with Gasteiger partial charge in [-0.3, -0.25) is 10.2 Å². The molecule has 3 rings (SSSR count). The summed E-state index contributed by atoms with van der Waals surface area (Å²) in [6.07, 6.45) is 16.2. The molecule has 1 fully saturated rings. The number of hydrogen-bond donors (Lipinski definition) is 1. The topological polar surface area (TPSA) is 63.3 Å². The Morgan fingerprint density at radius 2 is 1.40 bits per heavy atom. The molecule has 1 heterocycles. The lowest BCUT2D eigenvalue weighted by Crippen LogP contribution is -2.53. The lowest BCUT2D eigenvalue weighted by molar-refractivity contribution is -0.121. The van der Waals surface area contributed by atoms with E-state index >= 15 is 0 Å². The summed E-state index contributed by atoms with van der Waals surface area (Å²) >= 11 is 0. The number of anilines is 1. The number of carbonyl (C=O) groups is 1. The molecule has 0 bridgehead atoms. The summed E-state index contributed by atoms with van der Waals surface area (Å²) in [7, 11) is 3.25. The first-order chi connectivity index (χ1) is 20.4. The summed E-state index contributed by atoms with van der Waals surface area (Å²) < 4.78 is 17.3. The van der Waals surface area contributed by atoms with Crippen LogP contribution in [0.15, 0.2) is 36.4 Å². The third kappa shape index (κ3) is 10.9. The highest BCUT2D eigenvalue weighted by atomic mass is 16.5. The number of ether oxygens (including phenoxy) is 3. The van der Waals surface area contributed by atoms with Gasteiger partial charge in [0, 0.05) is 37.9 Å². The Bertz CT molecular complexity index is 1100. The van der Waals surface area contributed by atoms with Gasteiger partial charge in [-0.15, -0.1) is 0 Å². The molecule has 0 aliphatic carbocycles. The molecule has 0 radical (unpaired) electrons. The van der Waals surface area contributed by atoms with Crippen LogP contribution in [0.25, 0.3) is 6.08 Å². The van der Waals surface area contributed by atoms with Crippen molar-refractivity contribution in [2.75, 3.05) is 51.9 Å². The lowest BCUT2D eigenvalue weighted by Gasteiger charge is -2.36. The molecule has 1 saturated heterocycles. The smallest absolute Gasteiger partial charge is 0.258 e. The van der Waals surface area contributed by atoms with Crippen LogP contribution in [0.1, 0.15) is 87.8 Å². The molecule has 0 atom stereocenters. The quantitative estimate of drug-likeness (QED) is 0.146. The van der Waals surface area contributed by atoms with Gasteiger partial charge >= 0.3 is 0 Å². The standard InChI is InChI=1S/C35H53N3O4/c1-6-7-8-9-10-11-12-13-14-15-24-42-35-32(40-4)26-30(27-33(35)41-5)17-19-34(39)36-38-22-20-37(21-23-38)31-18-16-28(2)29(3)25-31/h16-19,25-27H,6-15,20-24H2,1-5H3,(H,36,39)/b19-17+. The molecule has 0 unspecified atom stereocenters. The molecule has 0 saturated carbocycles. The number of amides is 1. The van der Waals surface area contributed by atoms with Crippen LogP contribution < -0.4 is 24.5 Å². The third-order valence-electron chi connectivity index (χ3n) is 8.06. The predicted molar refractivity (Wildman–Crippen MR) is 174 cm³/mol. The minimum Gasteiger partial charge on any atom is -0.493 e. The van der Waals surface area contributed by atoms with Gasteiger partial charge in [0.15, 0.2) is 11.5 Å². The lowest BCUT2D eigenvalue weighted by atomic mass is 10.1. The molecule has 7 heteroatoms. The van der Waals surface area contributed by atoms with Crippen LogP contribution in [0.5, 0.6) is 17.2 Å². The zero-order valence-corrected chi connectivity index (χ0v) is 26.7. The Morgan fingerprint density at radius 3 is 1.98 bits per heavy atom. The van der Waals surface area contributed by atoms with E-state index in [2.05, 4.69) is 49.3 Å². The number of carbonyl (C=O) groups excluding carboxylic acids is 1. The summed E-state index contributed by atoms with van der Waals surface area (Å²) in [6, 6.07) is 10.3. The molecule has 0 spiro atoms. The Hall–Kier alpha value is -3.19. The number of rotatable bonds is 18. The van der Waals surface area contributed by atoms with Crippen molar-refractivity contribution >= 4 is 17.7 Å². The maximum absolute atomic E-state index is 12.7. The summed E-state index contributed by atoms with van der Waals surface area (Å²) in [5.41, 5.74) is 7.66. The van der Waals surface area contributed by atoms with E-state index in [0.717, 1.165) is 44.6 Å². The van der Waals surface area contributed by atoms with E-state index in [1.807, 2.05) is 17.1 Å². The summed E-state index contributed by atoms with van der Waals surface area (Å²) in [5, 5.41) is 1.98. The number of aryl methyl sites for hydroxylation is 2. The zero-order chi connectivity index (χ0) is 30.2. The van der Waals surface area contributed by atoms with Crippen molar-refractivity contribution in [2.24, 2.45) is 0 Å². The van der Waals surface area contributed by atoms with E-state index in [-0.39, 0.29) is 5.91 Å². The second-order valence-corrected chi connectivity index (χ2v) is 11.3. The Kier molecular flexibility index (Phi) is 14.6. The van der Waals surface area contributed by atoms with E-state index in [1.54, 1.807) is 26.4 Å². The normalized spacial score (nSPS) is 13.9. The monoisotopic (exact) mass is 579 g/mol. The fourth-order valence-electron chi connectivity index (χ4n) is 5.27. The molecule has 1 aliphatic heterocycles. The van der Waals surface area contributed by atoms with Gasteiger partial charge in [-0.25, -0.2) is 5.01 Å². The zero-order valence-electron chi connectivity index (χ0n) is 26.7. The summed E-state index contributed by atoms with van der Waals surface area (Å²) in [6.45, 7) is 10.4. The van der Waals surface area contributed by atoms with Crippen LogP contribution in [0.2, 0.25) is 0 Å². The number of nitrogens with zero attached hydrogens (tertiary/aromatic N) is 2. The van der Waals surface area contributed by atoms with Crippen LogP contribution >= 0.6 is 0 Å². The molecule has 0 aromatic heterocycles. The Labute approximate surface area is 254 Å². The Balaban J connectivity index is 1.42. The fraction of sp³-hybridized carbons (Fsp3) is 0.571. The summed E-state index contributed by atoms with van der Waals surface area (Å²) in [4.78, 5) is 15.0. The van der Waals surface area contributed by atoms with Gasteiger partial charge in [-0.05, 0) is 67.3 Å². The molecule has 2 aromatic carbocycles. The Morgan fingerprint density at radius 1 is 0.810 bits per heavy atom. The average molecular weight is 580 g/mol. The van der Waals surface area contributed by atoms with Gasteiger partial charge in [-0.2, -0.15) is 0 Å². The van der Waals surface area contributed by atoms with Crippen LogP contribution in [-0.2, 0) is 4.79 Å². The van der Waals surface area contributed by atoms with Crippen molar-refractivity contribution in [3.05, 3.63) is 53.1 Å². The second-order valence-electron chi connectivity index (χ2n) is 11.3. The van der Waals surface area contributed by atoms with Crippen LogP contribution in [0.3, 0.4) is 0 Å². The van der Waals surface area contributed by atoms with Gasteiger partial charge < -0.3 is 19.1 Å². The molecule has 42 heavy (non-hydrogen) atoms. The average Bonchev–Trinajstić information content (AvgIpc) is 3.00. The number of hydrazine groups is 1. The molecule has 232 valence electrons. The van der Waals surface area contributed by atoms with E-state index in [9.17, 15) is 4.79 Å². The van der Waals surface area contributed by atoms with Crippen molar-refractivity contribution in [3.63, 3.8) is 0 Å². The first kappa shape index (κ1) is 33.3. The molecule has 2 aromatic rings. The highest BCUT2D eigenvalue weighted by Crippen LogP contribution is 2.39. The highest BCUT2D eigenvalue weighted by molar-refractivity contribution is 5.91. The van der Waals surface area contributed by atoms with Gasteiger partial charge in [-0.1, -0.05) is 70.8 Å². The first-order valence-corrected chi connectivity index (χ1v) is 15.9. The maximum atomic E-state index is 12.7. The van der Waals surface area contributed by atoms with Crippen molar-refractivity contribution in [1.82, 2.24) is 10.4 Å². The number of unbranched alkanes of at least 4 members (excludes halogenated alkanes) is 9. The van der Waals surface area contributed by atoms with Gasteiger partial charge in [0.1, 0.15) is 0 Å². The summed E-state index contributed by atoms with van der Waals surface area (Å²) in [5.74, 6) is 1.65. The third-order valence-corrected chi connectivity index (χ3v) is 8.06. The minimum atomic E-state index is -0.158. The van der Waals surface area contributed by atoms with Crippen LogP contribution in [0, 0.1) is 13.8 Å². The first-order valence-electron chi connectivity index (χ1n) is 15.9. The van der Waals surface area contributed by atoms with E-state index in [1.165, 1.54) is 68.2 Å². The largest absolute Gasteiger partial charge is 0.493 e. The SMILES string of the molecule is CCCCCCCCCCCCOc1c(OC)cc(/C=C/C(=O)NN2CCN(c3ccc(C)c(C)c3)CC2)cc1OC. The van der Waals surface area contributed by atoms with Crippen molar-refractivity contribution in [3.8, 4) is 17.2 Å². The minimum absolute atomic E-state index is 0.158. The van der Waals surface area contributed by atoms with Crippen LogP contribution in [-0.4, -0.2) is 57.9 Å². The molecule has 1 amide bonds. The van der Waals surface area contributed by atoms with Crippen LogP contribution in [0.4, 0.5) is 5.69 Å². The molecule has 7 nitrogen and oxygen atoms in total. The van der Waals surface area contributed by atoms with Crippen molar-refractivity contribution in [1.29, 1.82) is 0 Å². The predicted octanol–water partition coefficient (Wildman–Crippen LogP) is 7.49. The second kappa shape index (κ2) is 18.4. The number of nitrogens with one attached hydrogen (secondary N) is 1. The van der Waals surface area contributed by atoms with Gasteiger partial charge in [0.25, 0.3) is 5.91 Å². The van der Waals surface area contributed by atoms with E-state index < -0.39 is 0 Å². The molecule has 1 N–H and O–H groups in total. The van der Waals surface area contributed by atoms with Crippen molar-refractivity contribution < 1.29 is 19.0 Å². The number of hydrogen-bond acceptors (Lipinski definition) is 6. The number of piperazine rings is 1. The van der Waals surface area contributed by atoms with E-state index in [0.29, 0.717) is 23.9 Å².